The van der Waals surface area contributed by atoms with Crippen LogP contribution < -0.4 is 10.0 Å². The third-order valence-electron chi connectivity index (χ3n) is 2.04. The highest BCUT2D eigenvalue weighted by Gasteiger charge is 2.15. The van der Waals surface area contributed by atoms with Crippen molar-refractivity contribution in [3.63, 3.8) is 0 Å². The number of halogens is 3. The lowest BCUT2D eigenvalue weighted by atomic mass is 10.3. The Morgan fingerprint density at radius 1 is 1.11 bits per heavy atom. The predicted octanol–water partition coefficient (Wildman–Crippen LogP) is 1.27. The van der Waals surface area contributed by atoms with Gasteiger partial charge in [0.15, 0.2) is 0 Å². The number of rotatable bonds is 6. The Bertz CT molecular complexity index is 463. The minimum atomic E-state index is -3.84. The zero-order chi connectivity index (χ0) is 12.9. The Labute approximate surface area is 111 Å². The van der Waals surface area contributed by atoms with Gasteiger partial charge in [0.2, 0.25) is 10.0 Å². The van der Waals surface area contributed by atoms with Crippen LogP contribution in [0.25, 0.3) is 0 Å². The molecule has 0 saturated carbocycles. The van der Waals surface area contributed by atoms with Crippen molar-refractivity contribution in [2.75, 3.05) is 20.1 Å². The van der Waals surface area contributed by atoms with E-state index in [1.54, 1.807) is 7.05 Å². The highest BCUT2D eigenvalue weighted by atomic mass is 35.5. The van der Waals surface area contributed by atoms with Crippen molar-refractivity contribution in [2.24, 2.45) is 0 Å². The molecule has 0 radical (unpaired) electrons. The van der Waals surface area contributed by atoms with Crippen molar-refractivity contribution in [3.05, 3.63) is 29.8 Å². The normalized spacial score (nSPS) is 11.1. The lowest BCUT2D eigenvalue weighted by Gasteiger charge is -2.06. The lowest BCUT2D eigenvalue weighted by Crippen LogP contribution is -2.27. The van der Waals surface area contributed by atoms with Gasteiger partial charge in [-0.3, -0.25) is 0 Å². The maximum atomic E-state index is 12.9. The van der Waals surface area contributed by atoms with Gasteiger partial charge in [0.1, 0.15) is 11.6 Å². The van der Waals surface area contributed by atoms with Gasteiger partial charge in [-0.25, -0.2) is 21.9 Å². The summed E-state index contributed by atoms with van der Waals surface area (Å²) in [5.74, 6) is -1.83. The third kappa shape index (κ3) is 5.26. The Balaban J connectivity index is 0.00000289. The van der Waals surface area contributed by atoms with Gasteiger partial charge in [0.05, 0.1) is 4.90 Å². The molecule has 0 aliphatic rings. The van der Waals surface area contributed by atoms with Crippen LogP contribution in [0.3, 0.4) is 0 Å². The molecule has 0 bridgehead atoms. The summed E-state index contributed by atoms with van der Waals surface area (Å²) >= 11 is 0. The second-order valence-electron chi connectivity index (χ2n) is 3.46. The molecule has 0 fully saturated rings. The van der Waals surface area contributed by atoms with E-state index in [9.17, 15) is 17.2 Å². The summed E-state index contributed by atoms with van der Waals surface area (Å²) < 4.78 is 51.3. The Morgan fingerprint density at radius 3 is 2.17 bits per heavy atom. The number of nitrogens with one attached hydrogen (secondary N) is 2. The van der Waals surface area contributed by atoms with Crippen molar-refractivity contribution in [1.82, 2.24) is 10.0 Å². The SMILES string of the molecule is CNCCCNS(=O)(=O)c1cc(F)cc(F)c1.Cl. The Kier molecular flexibility index (Phi) is 7.30. The fourth-order valence-corrected chi connectivity index (χ4v) is 2.35. The second-order valence-corrected chi connectivity index (χ2v) is 5.23. The number of benzene rings is 1. The summed E-state index contributed by atoms with van der Waals surface area (Å²) in [6, 6.07) is 2.19. The Hall–Kier alpha value is -0.760. The summed E-state index contributed by atoms with van der Waals surface area (Å²) in [6.45, 7) is 0.862. The average molecular weight is 301 g/mol. The first kappa shape index (κ1) is 17.2. The van der Waals surface area contributed by atoms with Gasteiger partial charge in [-0.1, -0.05) is 0 Å². The molecular formula is C10H15ClF2N2O2S. The highest BCUT2D eigenvalue weighted by Crippen LogP contribution is 2.13. The smallest absolute Gasteiger partial charge is 0.240 e. The molecule has 1 rings (SSSR count). The van der Waals surface area contributed by atoms with Crippen molar-refractivity contribution >= 4 is 22.4 Å². The molecule has 0 unspecified atom stereocenters. The van der Waals surface area contributed by atoms with Crippen LogP contribution in [0.15, 0.2) is 23.1 Å². The van der Waals surface area contributed by atoms with Gasteiger partial charge in [-0.2, -0.15) is 0 Å². The number of hydrogen-bond donors (Lipinski definition) is 2. The van der Waals surface area contributed by atoms with E-state index in [2.05, 4.69) is 10.0 Å². The van der Waals surface area contributed by atoms with E-state index in [1.807, 2.05) is 0 Å². The maximum Gasteiger partial charge on any atom is 0.240 e. The minimum Gasteiger partial charge on any atom is -0.320 e. The molecule has 0 aliphatic carbocycles. The van der Waals surface area contributed by atoms with Crippen molar-refractivity contribution in [2.45, 2.75) is 11.3 Å². The standard InChI is InChI=1S/C10H14F2N2O2S.ClH/c1-13-3-2-4-14-17(15,16)10-6-8(11)5-9(12)7-10;/h5-7,13-14H,2-4H2,1H3;1H. The van der Waals surface area contributed by atoms with Crippen molar-refractivity contribution in [1.29, 1.82) is 0 Å². The molecule has 2 N–H and O–H groups in total. The fraction of sp³-hybridized carbons (Fsp3) is 0.400. The molecule has 0 aromatic heterocycles. The van der Waals surface area contributed by atoms with E-state index >= 15 is 0 Å². The van der Waals surface area contributed by atoms with E-state index in [1.165, 1.54) is 0 Å². The molecule has 0 amide bonds. The molecule has 0 aliphatic heterocycles. The van der Waals surface area contributed by atoms with Crippen LogP contribution in [-0.4, -0.2) is 28.6 Å². The molecule has 0 heterocycles. The number of hydrogen-bond acceptors (Lipinski definition) is 3. The van der Waals surface area contributed by atoms with Crippen LogP contribution in [0, 0.1) is 11.6 Å². The van der Waals surface area contributed by atoms with E-state index in [0.717, 1.165) is 12.1 Å². The van der Waals surface area contributed by atoms with Crippen LogP contribution in [0.2, 0.25) is 0 Å². The van der Waals surface area contributed by atoms with Crippen LogP contribution in [0.4, 0.5) is 8.78 Å². The monoisotopic (exact) mass is 300 g/mol. The van der Waals surface area contributed by atoms with Crippen molar-refractivity contribution < 1.29 is 17.2 Å². The Morgan fingerprint density at radius 2 is 1.67 bits per heavy atom. The summed E-state index contributed by atoms with van der Waals surface area (Å²) in [4.78, 5) is -0.403. The first-order chi connectivity index (χ1) is 7.95. The zero-order valence-corrected chi connectivity index (χ0v) is 11.4. The minimum absolute atomic E-state index is 0. The van der Waals surface area contributed by atoms with Crippen molar-refractivity contribution in [3.8, 4) is 0 Å². The van der Waals surface area contributed by atoms with E-state index in [-0.39, 0.29) is 19.0 Å². The van der Waals surface area contributed by atoms with Gasteiger partial charge in [-0.15, -0.1) is 12.4 Å². The largest absolute Gasteiger partial charge is 0.320 e. The first-order valence-corrected chi connectivity index (χ1v) is 6.54. The zero-order valence-electron chi connectivity index (χ0n) is 9.74. The molecule has 0 saturated heterocycles. The van der Waals surface area contributed by atoms with Crippen LogP contribution in [-0.2, 0) is 10.0 Å². The van der Waals surface area contributed by atoms with E-state index in [4.69, 9.17) is 0 Å². The van der Waals surface area contributed by atoms with Gasteiger partial charge >= 0.3 is 0 Å². The average Bonchev–Trinajstić information content (AvgIpc) is 2.23. The summed E-state index contributed by atoms with van der Waals surface area (Å²) in [6.07, 6.45) is 0.591. The molecule has 104 valence electrons. The van der Waals surface area contributed by atoms with E-state index in [0.29, 0.717) is 19.0 Å². The predicted molar refractivity (Wildman–Crippen MR) is 67.3 cm³/mol. The molecule has 0 spiro atoms. The molecule has 1 aromatic carbocycles. The lowest BCUT2D eigenvalue weighted by molar-refractivity contribution is 0.559. The fourth-order valence-electron chi connectivity index (χ4n) is 1.24. The molecular weight excluding hydrogens is 286 g/mol. The quantitative estimate of drug-likeness (QED) is 0.778. The molecule has 8 heteroatoms. The topological polar surface area (TPSA) is 58.2 Å². The second kappa shape index (κ2) is 7.63. The van der Waals surface area contributed by atoms with Crippen LogP contribution in [0.5, 0.6) is 0 Å². The van der Waals surface area contributed by atoms with Crippen LogP contribution in [0.1, 0.15) is 6.42 Å². The van der Waals surface area contributed by atoms with E-state index < -0.39 is 26.6 Å². The van der Waals surface area contributed by atoms with Gasteiger partial charge in [-0.05, 0) is 32.1 Å². The van der Waals surface area contributed by atoms with Gasteiger partial charge in [0.25, 0.3) is 0 Å². The summed E-state index contributed by atoms with van der Waals surface area (Å²) in [5.41, 5.74) is 0. The molecule has 1 aromatic rings. The highest BCUT2D eigenvalue weighted by molar-refractivity contribution is 7.89. The van der Waals surface area contributed by atoms with Gasteiger partial charge < -0.3 is 5.32 Å². The summed E-state index contributed by atoms with van der Waals surface area (Å²) in [7, 11) is -2.10. The third-order valence-corrected chi connectivity index (χ3v) is 3.48. The summed E-state index contributed by atoms with van der Waals surface area (Å²) in [5, 5.41) is 2.86. The molecule has 0 atom stereocenters. The van der Waals surface area contributed by atoms with Crippen LogP contribution >= 0.6 is 12.4 Å². The maximum absolute atomic E-state index is 12.9. The van der Waals surface area contributed by atoms with Gasteiger partial charge in [0, 0.05) is 12.6 Å². The molecule has 4 nitrogen and oxygen atoms in total. The first-order valence-electron chi connectivity index (χ1n) is 5.06. The molecule has 18 heavy (non-hydrogen) atoms. The number of sulfonamides is 1.